The number of aliphatic hydroxyl groups excluding tert-OH is 1. The van der Waals surface area contributed by atoms with E-state index < -0.39 is 0 Å². The van der Waals surface area contributed by atoms with E-state index in [0.717, 1.165) is 23.6 Å². The fourth-order valence-electron chi connectivity index (χ4n) is 3.06. The van der Waals surface area contributed by atoms with Gasteiger partial charge in [0.05, 0.1) is 24.9 Å². The van der Waals surface area contributed by atoms with E-state index in [0.29, 0.717) is 12.6 Å². The van der Waals surface area contributed by atoms with Gasteiger partial charge in [-0.25, -0.2) is 0 Å². The topological polar surface area (TPSA) is 50.5 Å². The van der Waals surface area contributed by atoms with Crippen molar-refractivity contribution in [3.8, 4) is 17.0 Å². The van der Waals surface area contributed by atoms with Crippen molar-refractivity contribution in [1.82, 2.24) is 14.7 Å². The van der Waals surface area contributed by atoms with Crippen LogP contribution in [0, 0.1) is 0 Å². The maximum Gasteiger partial charge on any atom is 0.119 e. The average Bonchev–Trinajstić information content (AvgIpc) is 3.33. The van der Waals surface area contributed by atoms with Gasteiger partial charge in [-0.2, -0.15) is 5.10 Å². The molecule has 0 spiro atoms. The number of hydrogen-bond acceptors (Lipinski definition) is 4. The fourth-order valence-corrected chi connectivity index (χ4v) is 3.06. The van der Waals surface area contributed by atoms with Gasteiger partial charge in [0, 0.05) is 36.5 Å². The van der Waals surface area contributed by atoms with Gasteiger partial charge in [0.1, 0.15) is 5.75 Å². The van der Waals surface area contributed by atoms with E-state index in [4.69, 9.17) is 9.84 Å². The van der Waals surface area contributed by atoms with Gasteiger partial charge in [-0.1, -0.05) is 12.1 Å². The number of aromatic nitrogens is 2. The zero-order valence-corrected chi connectivity index (χ0v) is 15.7. The normalized spacial score (nSPS) is 15.0. The van der Waals surface area contributed by atoms with Crippen molar-refractivity contribution in [2.24, 2.45) is 0 Å². The van der Waals surface area contributed by atoms with Crippen LogP contribution in [0.3, 0.4) is 0 Å². The molecule has 1 heterocycles. The van der Waals surface area contributed by atoms with E-state index in [9.17, 15) is 5.11 Å². The van der Waals surface area contributed by atoms with Gasteiger partial charge in [0.15, 0.2) is 0 Å². The molecule has 0 aliphatic heterocycles. The molecule has 0 unspecified atom stereocenters. The Morgan fingerprint density at radius 2 is 2.08 bits per heavy atom. The maximum atomic E-state index is 9.40. The highest BCUT2D eigenvalue weighted by atomic mass is 16.5. The number of nitrogens with zero attached hydrogens (tertiary/aromatic N) is 3. The minimum Gasteiger partial charge on any atom is -0.497 e. The molecule has 1 aliphatic carbocycles. The summed E-state index contributed by atoms with van der Waals surface area (Å²) in [5.74, 6) is 0.836. The van der Waals surface area contributed by atoms with E-state index >= 15 is 0 Å². The standard InChI is InChI=1S/C20H29N3O2/c1-20(2,3)23-14-16(13-22(10-11-24)17-8-9-17)19(21-23)15-6-5-7-18(12-15)25-4/h5-7,12,14,17,24H,8-11,13H2,1-4H3. The van der Waals surface area contributed by atoms with Crippen LogP contribution in [0.4, 0.5) is 0 Å². The van der Waals surface area contributed by atoms with Crippen molar-refractivity contribution >= 4 is 0 Å². The summed E-state index contributed by atoms with van der Waals surface area (Å²) >= 11 is 0. The summed E-state index contributed by atoms with van der Waals surface area (Å²) in [7, 11) is 1.68. The summed E-state index contributed by atoms with van der Waals surface area (Å²) in [6.07, 6.45) is 4.60. The molecule has 0 bridgehead atoms. The quantitative estimate of drug-likeness (QED) is 0.838. The molecule has 1 aromatic carbocycles. The second-order valence-electron chi connectivity index (χ2n) is 7.78. The number of aliphatic hydroxyl groups is 1. The van der Waals surface area contributed by atoms with Crippen LogP contribution in [0.1, 0.15) is 39.2 Å². The smallest absolute Gasteiger partial charge is 0.119 e. The third-order valence-corrected chi connectivity index (χ3v) is 4.64. The Morgan fingerprint density at radius 3 is 2.68 bits per heavy atom. The van der Waals surface area contributed by atoms with Crippen LogP contribution in [-0.2, 0) is 12.1 Å². The number of methoxy groups -OCH3 is 1. The van der Waals surface area contributed by atoms with Crippen molar-refractivity contribution in [2.45, 2.75) is 51.7 Å². The zero-order chi connectivity index (χ0) is 18.0. The highest BCUT2D eigenvalue weighted by Crippen LogP contribution is 2.32. The monoisotopic (exact) mass is 343 g/mol. The van der Waals surface area contributed by atoms with Gasteiger partial charge in [0.2, 0.25) is 0 Å². The second kappa shape index (κ2) is 7.18. The molecule has 2 aromatic rings. The molecule has 5 nitrogen and oxygen atoms in total. The Kier molecular flexibility index (Phi) is 5.16. The number of benzene rings is 1. The second-order valence-corrected chi connectivity index (χ2v) is 7.78. The highest BCUT2D eigenvalue weighted by molar-refractivity contribution is 5.64. The predicted molar refractivity (Wildman–Crippen MR) is 99.7 cm³/mol. The van der Waals surface area contributed by atoms with Crippen LogP contribution >= 0.6 is 0 Å². The largest absolute Gasteiger partial charge is 0.497 e. The van der Waals surface area contributed by atoms with Crippen LogP contribution in [0.2, 0.25) is 0 Å². The Balaban J connectivity index is 1.98. The lowest BCUT2D eigenvalue weighted by molar-refractivity contribution is 0.183. The highest BCUT2D eigenvalue weighted by Gasteiger charge is 2.30. The van der Waals surface area contributed by atoms with Crippen molar-refractivity contribution in [1.29, 1.82) is 0 Å². The lowest BCUT2D eigenvalue weighted by atomic mass is 10.1. The summed E-state index contributed by atoms with van der Waals surface area (Å²) in [6, 6.07) is 8.66. The minimum absolute atomic E-state index is 0.0761. The van der Waals surface area contributed by atoms with Gasteiger partial charge >= 0.3 is 0 Å². The first-order valence-electron chi connectivity index (χ1n) is 9.00. The average molecular weight is 343 g/mol. The van der Waals surface area contributed by atoms with Gasteiger partial charge in [-0.15, -0.1) is 0 Å². The van der Waals surface area contributed by atoms with E-state index in [1.807, 2.05) is 22.9 Å². The van der Waals surface area contributed by atoms with Gasteiger partial charge < -0.3 is 9.84 Å². The van der Waals surface area contributed by atoms with Crippen molar-refractivity contribution in [2.75, 3.05) is 20.3 Å². The summed E-state index contributed by atoms with van der Waals surface area (Å²) in [5.41, 5.74) is 3.19. The molecule has 0 atom stereocenters. The lowest BCUT2D eigenvalue weighted by Gasteiger charge is -2.21. The van der Waals surface area contributed by atoms with Gasteiger partial charge in [-0.3, -0.25) is 9.58 Å². The molecule has 5 heteroatoms. The van der Waals surface area contributed by atoms with Crippen LogP contribution in [0.5, 0.6) is 5.75 Å². The van der Waals surface area contributed by atoms with E-state index in [1.165, 1.54) is 18.4 Å². The Morgan fingerprint density at radius 1 is 1.32 bits per heavy atom. The van der Waals surface area contributed by atoms with E-state index in [2.05, 4.69) is 37.9 Å². The third kappa shape index (κ3) is 4.22. The third-order valence-electron chi connectivity index (χ3n) is 4.64. The summed E-state index contributed by atoms with van der Waals surface area (Å²) in [4.78, 5) is 2.37. The first kappa shape index (κ1) is 18.0. The van der Waals surface area contributed by atoms with Gasteiger partial charge in [0.25, 0.3) is 0 Å². The van der Waals surface area contributed by atoms with Crippen LogP contribution in [0.15, 0.2) is 30.5 Å². The zero-order valence-electron chi connectivity index (χ0n) is 15.7. The molecule has 1 N–H and O–H groups in total. The summed E-state index contributed by atoms with van der Waals surface area (Å²) < 4.78 is 7.42. The van der Waals surface area contributed by atoms with Crippen molar-refractivity contribution in [3.63, 3.8) is 0 Å². The molecule has 1 fully saturated rings. The summed E-state index contributed by atoms with van der Waals surface area (Å²) in [5, 5.41) is 14.3. The van der Waals surface area contributed by atoms with Gasteiger partial charge in [-0.05, 0) is 45.7 Å². The molecular formula is C20H29N3O2. The van der Waals surface area contributed by atoms with Crippen LogP contribution < -0.4 is 4.74 Å². The SMILES string of the molecule is COc1cccc(-c2nn(C(C)(C)C)cc2CN(CCO)C2CC2)c1. The number of hydrogen-bond donors (Lipinski definition) is 1. The molecule has 1 aliphatic rings. The molecular weight excluding hydrogens is 314 g/mol. The van der Waals surface area contributed by atoms with E-state index in [-0.39, 0.29) is 12.1 Å². The van der Waals surface area contributed by atoms with Crippen LogP contribution in [0.25, 0.3) is 11.3 Å². The molecule has 1 saturated carbocycles. The molecule has 0 radical (unpaired) electrons. The fraction of sp³-hybridized carbons (Fsp3) is 0.550. The first-order chi connectivity index (χ1) is 11.9. The van der Waals surface area contributed by atoms with E-state index in [1.54, 1.807) is 7.11 Å². The van der Waals surface area contributed by atoms with Crippen molar-refractivity contribution < 1.29 is 9.84 Å². The molecule has 25 heavy (non-hydrogen) atoms. The Bertz CT molecular complexity index is 714. The number of rotatable bonds is 7. The molecule has 0 amide bonds. The molecule has 1 aromatic heterocycles. The lowest BCUT2D eigenvalue weighted by Crippen LogP contribution is -2.28. The molecule has 0 saturated heterocycles. The predicted octanol–water partition coefficient (Wildman–Crippen LogP) is 3.27. The van der Waals surface area contributed by atoms with Crippen LogP contribution in [-0.4, -0.2) is 46.1 Å². The molecule has 3 rings (SSSR count). The minimum atomic E-state index is -0.0761. The molecule has 136 valence electrons. The number of ether oxygens (including phenoxy) is 1. The maximum absolute atomic E-state index is 9.40. The summed E-state index contributed by atoms with van der Waals surface area (Å²) in [6.45, 7) is 8.19. The first-order valence-corrected chi connectivity index (χ1v) is 9.00. The van der Waals surface area contributed by atoms with Crippen molar-refractivity contribution in [3.05, 3.63) is 36.0 Å². The Hall–Kier alpha value is -1.85. The Labute approximate surface area is 150 Å².